The van der Waals surface area contributed by atoms with Crippen molar-refractivity contribution in [1.82, 2.24) is 9.97 Å². The fourth-order valence-electron chi connectivity index (χ4n) is 1.25. The Morgan fingerprint density at radius 1 is 1.05 bits per heavy atom. The molecule has 0 N–H and O–H groups in total. The minimum Gasteiger partial charge on any atom is -0.439 e. The molecule has 106 valence electrons. The van der Waals surface area contributed by atoms with Crippen LogP contribution in [0.5, 0.6) is 17.4 Å². The van der Waals surface area contributed by atoms with E-state index in [0.29, 0.717) is 10.4 Å². The van der Waals surface area contributed by atoms with Crippen molar-refractivity contribution in [2.45, 2.75) is 6.36 Å². The zero-order valence-corrected chi connectivity index (χ0v) is 12.7. The third-order valence-electron chi connectivity index (χ3n) is 1.96. The molecule has 4 nitrogen and oxygen atoms in total. The van der Waals surface area contributed by atoms with E-state index in [2.05, 4.69) is 46.6 Å². The molecule has 1 aromatic carbocycles. The van der Waals surface area contributed by atoms with Crippen molar-refractivity contribution in [3.63, 3.8) is 0 Å². The largest absolute Gasteiger partial charge is 0.573 e. The number of hydrogen-bond donors (Lipinski definition) is 0. The Morgan fingerprint density at radius 3 is 2.40 bits per heavy atom. The van der Waals surface area contributed by atoms with Gasteiger partial charge in [-0.15, -0.1) is 13.2 Å². The van der Waals surface area contributed by atoms with Crippen LogP contribution in [0.25, 0.3) is 0 Å². The van der Waals surface area contributed by atoms with Gasteiger partial charge in [-0.2, -0.15) is 0 Å². The van der Waals surface area contributed by atoms with Crippen LogP contribution in [0.2, 0.25) is 0 Å². The average molecular weight is 414 g/mol. The molecule has 0 saturated heterocycles. The van der Waals surface area contributed by atoms with Crippen molar-refractivity contribution in [2.75, 3.05) is 0 Å². The van der Waals surface area contributed by atoms with Gasteiger partial charge in [-0.1, -0.05) is 0 Å². The molecule has 0 aliphatic heterocycles. The van der Waals surface area contributed by atoms with Crippen LogP contribution in [0.1, 0.15) is 0 Å². The fraction of sp³-hybridized carbons (Fsp3) is 0.0909. The van der Waals surface area contributed by atoms with Crippen molar-refractivity contribution in [1.29, 1.82) is 0 Å². The first-order valence-electron chi connectivity index (χ1n) is 5.04. The van der Waals surface area contributed by atoms with E-state index in [0.717, 1.165) is 6.07 Å². The van der Waals surface area contributed by atoms with Gasteiger partial charge in [0.25, 0.3) is 0 Å². The van der Waals surface area contributed by atoms with Crippen molar-refractivity contribution in [2.24, 2.45) is 0 Å². The molecule has 0 unspecified atom stereocenters. The first kappa shape index (κ1) is 15.0. The molecule has 0 aliphatic rings. The smallest absolute Gasteiger partial charge is 0.439 e. The number of nitrogens with zero attached hydrogens (tertiary/aromatic N) is 2. The molecule has 9 heteroatoms. The van der Waals surface area contributed by atoms with Gasteiger partial charge in [0.05, 0.1) is 4.47 Å². The van der Waals surface area contributed by atoms with Gasteiger partial charge in [0.2, 0.25) is 5.88 Å². The van der Waals surface area contributed by atoms with Crippen LogP contribution in [-0.2, 0) is 0 Å². The molecule has 2 aromatic rings. The summed E-state index contributed by atoms with van der Waals surface area (Å²) in [6.07, 6.45) is -3.46. The molecule has 0 amide bonds. The summed E-state index contributed by atoms with van der Waals surface area (Å²) in [5.41, 5.74) is 0. The minimum atomic E-state index is -4.75. The van der Waals surface area contributed by atoms with Gasteiger partial charge >= 0.3 is 6.36 Å². The lowest BCUT2D eigenvalue weighted by atomic mass is 10.3. The maximum Gasteiger partial charge on any atom is 0.573 e. The van der Waals surface area contributed by atoms with Crippen LogP contribution in [-0.4, -0.2) is 16.3 Å². The van der Waals surface area contributed by atoms with Gasteiger partial charge < -0.3 is 9.47 Å². The number of rotatable bonds is 3. The molecule has 1 aromatic heterocycles. The van der Waals surface area contributed by atoms with Gasteiger partial charge in [-0.05, 0) is 50.1 Å². The molecular weight excluding hydrogens is 409 g/mol. The molecule has 0 bridgehead atoms. The Hall–Kier alpha value is -1.35. The zero-order valence-electron chi connectivity index (χ0n) is 9.49. The van der Waals surface area contributed by atoms with Crippen molar-refractivity contribution >= 4 is 31.9 Å². The number of aromatic nitrogens is 2. The normalized spacial score (nSPS) is 11.2. The second-order valence-corrected chi connectivity index (χ2v) is 5.09. The molecule has 20 heavy (non-hydrogen) atoms. The zero-order chi connectivity index (χ0) is 14.8. The highest BCUT2D eigenvalue weighted by atomic mass is 79.9. The number of benzene rings is 1. The topological polar surface area (TPSA) is 44.2 Å². The summed E-state index contributed by atoms with van der Waals surface area (Å²) in [5.74, 6) is 0.203. The molecule has 1 heterocycles. The van der Waals surface area contributed by atoms with Crippen LogP contribution in [0, 0.1) is 0 Å². The predicted molar refractivity (Wildman–Crippen MR) is 70.6 cm³/mol. The summed E-state index contributed by atoms with van der Waals surface area (Å²) in [7, 11) is 0. The van der Waals surface area contributed by atoms with E-state index in [-0.39, 0.29) is 16.1 Å². The Balaban J connectivity index is 2.17. The summed E-state index contributed by atoms with van der Waals surface area (Å²) in [4.78, 5) is 7.68. The standard InChI is InChI=1S/C11H5Br2F3N2O2/c12-7-3-6(1-2-8(7)20-11(14,15)16)19-10-4-9(13)17-5-18-10/h1-5H. The van der Waals surface area contributed by atoms with Crippen LogP contribution >= 0.6 is 31.9 Å². The first-order chi connectivity index (χ1) is 9.33. The summed E-state index contributed by atoms with van der Waals surface area (Å²) < 4.78 is 46.2. The van der Waals surface area contributed by atoms with E-state index in [4.69, 9.17) is 4.74 Å². The van der Waals surface area contributed by atoms with E-state index in [1.807, 2.05) is 0 Å². The number of hydrogen-bond acceptors (Lipinski definition) is 4. The Kier molecular flexibility index (Phi) is 4.48. The molecule has 0 aliphatic carbocycles. The van der Waals surface area contributed by atoms with Crippen molar-refractivity contribution in [3.05, 3.63) is 39.7 Å². The maximum absolute atomic E-state index is 12.1. The lowest BCUT2D eigenvalue weighted by molar-refractivity contribution is -0.274. The molecule has 0 saturated carbocycles. The van der Waals surface area contributed by atoms with E-state index in [9.17, 15) is 13.2 Å². The van der Waals surface area contributed by atoms with E-state index in [1.165, 1.54) is 24.5 Å². The van der Waals surface area contributed by atoms with Crippen LogP contribution in [0.15, 0.2) is 39.7 Å². The fourth-order valence-corrected chi connectivity index (χ4v) is 1.97. The Morgan fingerprint density at radius 2 is 1.80 bits per heavy atom. The highest BCUT2D eigenvalue weighted by Gasteiger charge is 2.32. The van der Waals surface area contributed by atoms with Crippen molar-refractivity contribution < 1.29 is 22.6 Å². The summed E-state index contributed by atoms with van der Waals surface area (Å²) in [6, 6.07) is 5.34. The van der Waals surface area contributed by atoms with Crippen molar-refractivity contribution in [3.8, 4) is 17.4 Å². The molecular formula is C11H5Br2F3N2O2. The Labute approximate surface area is 128 Å². The second-order valence-electron chi connectivity index (χ2n) is 3.42. The first-order valence-corrected chi connectivity index (χ1v) is 6.63. The predicted octanol–water partition coefficient (Wildman–Crippen LogP) is 4.69. The lowest BCUT2D eigenvalue weighted by Gasteiger charge is -2.11. The SMILES string of the molecule is FC(F)(F)Oc1ccc(Oc2cc(Br)ncn2)cc1Br. The van der Waals surface area contributed by atoms with Gasteiger partial charge in [0.15, 0.2) is 0 Å². The highest BCUT2D eigenvalue weighted by Crippen LogP contribution is 2.34. The second kappa shape index (κ2) is 5.96. The van der Waals surface area contributed by atoms with Crippen LogP contribution in [0.4, 0.5) is 13.2 Å². The van der Waals surface area contributed by atoms with Gasteiger partial charge in [-0.3, -0.25) is 0 Å². The van der Waals surface area contributed by atoms with Crippen LogP contribution in [0.3, 0.4) is 0 Å². The molecule has 0 atom stereocenters. The molecule has 2 rings (SSSR count). The monoisotopic (exact) mass is 412 g/mol. The van der Waals surface area contributed by atoms with E-state index >= 15 is 0 Å². The quantitative estimate of drug-likeness (QED) is 0.684. The summed E-state index contributed by atoms with van der Waals surface area (Å²) >= 11 is 6.13. The van der Waals surface area contributed by atoms with E-state index in [1.54, 1.807) is 0 Å². The summed E-state index contributed by atoms with van der Waals surface area (Å²) in [5, 5.41) is 0. The number of halogens is 5. The molecule has 0 spiro atoms. The Bertz CT molecular complexity index is 623. The van der Waals surface area contributed by atoms with E-state index < -0.39 is 6.36 Å². The summed E-state index contributed by atoms with van der Waals surface area (Å²) in [6.45, 7) is 0. The number of ether oxygens (including phenoxy) is 2. The van der Waals surface area contributed by atoms with Crippen LogP contribution < -0.4 is 9.47 Å². The third-order valence-corrected chi connectivity index (χ3v) is 3.01. The number of alkyl halides is 3. The molecule has 0 fully saturated rings. The molecule has 0 radical (unpaired) electrons. The minimum absolute atomic E-state index is 0.112. The average Bonchev–Trinajstić information content (AvgIpc) is 2.31. The highest BCUT2D eigenvalue weighted by molar-refractivity contribution is 9.10. The maximum atomic E-state index is 12.1. The van der Waals surface area contributed by atoms with Gasteiger partial charge in [0.1, 0.15) is 22.4 Å². The van der Waals surface area contributed by atoms with Gasteiger partial charge in [-0.25, -0.2) is 9.97 Å². The third kappa shape index (κ3) is 4.34. The lowest BCUT2D eigenvalue weighted by Crippen LogP contribution is -2.17. The van der Waals surface area contributed by atoms with Gasteiger partial charge in [0, 0.05) is 6.07 Å².